The SMILES string of the molecule is Cc1c(NC(=O)NCC(=O)Nc2ccc(Cl)cc2)nnn1Cc1ccccc1F. The van der Waals surface area contributed by atoms with E-state index in [2.05, 4.69) is 26.3 Å². The van der Waals surface area contributed by atoms with Gasteiger partial charge in [0.2, 0.25) is 5.91 Å². The number of aromatic nitrogens is 3. The number of carbonyl (C=O) groups excluding carboxylic acids is 2. The van der Waals surface area contributed by atoms with Crippen molar-refractivity contribution in [2.24, 2.45) is 0 Å². The number of nitrogens with zero attached hydrogens (tertiary/aromatic N) is 3. The highest BCUT2D eigenvalue weighted by Gasteiger charge is 2.14. The highest BCUT2D eigenvalue weighted by atomic mass is 35.5. The molecule has 3 amide bonds. The van der Waals surface area contributed by atoms with Crippen LogP contribution >= 0.6 is 11.6 Å². The zero-order chi connectivity index (χ0) is 20.8. The minimum atomic E-state index is -0.614. The third-order valence-electron chi connectivity index (χ3n) is 4.03. The first kappa shape index (κ1) is 20.3. The molecule has 3 aromatic rings. The average molecular weight is 417 g/mol. The topological polar surface area (TPSA) is 101 Å². The molecule has 1 aromatic heterocycles. The van der Waals surface area contributed by atoms with Crippen LogP contribution < -0.4 is 16.0 Å². The molecule has 0 fully saturated rings. The lowest BCUT2D eigenvalue weighted by Gasteiger charge is -2.08. The van der Waals surface area contributed by atoms with Crippen molar-refractivity contribution < 1.29 is 14.0 Å². The van der Waals surface area contributed by atoms with Crippen molar-refractivity contribution >= 4 is 35.0 Å². The van der Waals surface area contributed by atoms with Crippen LogP contribution in [0.15, 0.2) is 48.5 Å². The highest BCUT2D eigenvalue weighted by molar-refractivity contribution is 6.30. The second kappa shape index (κ2) is 9.16. The molecule has 0 spiro atoms. The van der Waals surface area contributed by atoms with Gasteiger partial charge in [-0.15, -0.1) is 5.10 Å². The van der Waals surface area contributed by atoms with Gasteiger partial charge in [-0.2, -0.15) is 0 Å². The van der Waals surface area contributed by atoms with E-state index in [-0.39, 0.29) is 24.7 Å². The van der Waals surface area contributed by atoms with Gasteiger partial charge in [-0.05, 0) is 37.3 Å². The molecule has 3 rings (SSSR count). The van der Waals surface area contributed by atoms with E-state index in [9.17, 15) is 14.0 Å². The third kappa shape index (κ3) is 5.52. The Balaban J connectivity index is 1.51. The van der Waals surface area contributed by atoms with Gasteiger partial charge in [-0.25, -0.2) is 13.9 Å². The van der Waals surface area contributed by atoms with Gasteiger partial charge >= 0.3 is 6.03 Å². The highest BCUT2D eigenvalue weighted by Crippen LogP contribution is 2.14. The summed E-state index contributed by atoms with van der Waals surface area (Å²) in [6.07, 6.45) is 0. The van der Waals surface area contributed by atoms with Crippen LogP contribution in [-0.2, 0) is 11.3 Å². The van der Waals surface area contributed by atoms with Crippen LogP contribution in [0.2, 0.25) is 5.02 Å². The van der Waals surface area contributed by atoms with Crippen molar-refractivity contribution in [2.45, 2.75) is 13.5 Å². The fourth-order valence-electron chi connectivity index (χ4n) is 2.46. The number of urea groups is 1. The lowest BCUT2D eigenvalue weighted by Crippen LogP contribution is -2.36. The van der Waals surface area contributed by atoms with E-state index < -0.39 is 11.9 Å². The number of hydrogen-bond acceptors (Lipinski definition) is 4. The quantitative estimate of drug-likeness (QED) is 0.574. The number of nitrogens with one attached hydrogen (secondary N) is 3. The Kier molecular flexibility index (Phi) is 6.40. The molecule has 0 saturated carbocycles. The summed E-state index contributed by atoms with van der Waals surface area (Å²) in [5.74, 6) is -0.527. The van der Waals surface area contributed by atoms with E-state index in [0.29, 0.717) is 22.0 Å². The summed E-state index contributed by atoms with van der Waals surface area (Å²) in [7, 11) is 0. The lowest BCUT2D eigenvalue weighted by molar-refractivity contribution is -0.115. The van der Waals surface area contributed by atoms with E-state index in [0.717, 1.165) is 0 Å². The molecule has 10 heteroatoms. The molecular weight excluding hydrogens is 399 g/mol. The molecule has 29 heavy (non-hydrogen) atoms. The van der Waals surface area contributed by atoms with E-state index in [4.69, 9.17) is 11.6 Å². The molecule has 0 atom stereocenters. The summed E-state index contributed by atoms with van der Waals surface area (Å²) < 4.78 is 15.3. The van der Waals surface area contributed by atoms with Gasteiger partial charge in [0.05, 0.1) is 18.8 Å². The monoisotopic (exact) mass is 416 g/mol. The van der Waals surface area contributed by atoms with E-state index in [1.165, 1.54) is 10.7 Å². The normalized spacial score (nSPS) is 10.4. The van der Waals surface area contributed by atoms with Crippen LogP contribution in [-0.4, -0.2) is 33.5 Å². The maximum absolute atomic E-state index is 13.8. The van der Waals surface area contributed by atoms with Crippen molar-refractivity contribution in [3.8, 4) is 0 Å². The van der Waals surface area contributed by atoms with Gasteiger partial charge in [-0.1, -0.05) is 35.0 Å². The first-order valence-corrected chi connectivity index (χ1v) is 9.04. The number of benzene rings is 2. The Labute approximate surface area is 171 Å². The predicted molar refractivity (Wildman–Crippen MR) is 107 cm³/mol. The molecule has 3 N–H and O–H groups in total. The maximum Gasteiger partial charge on any atom is 0.320 e. The second-order valence-corrected chi connectivity index (χ2v) is 6.57. The first-order valence-electron chi connectivity index (χ1n) is 8.66. The zero-order valence-corrected chi connectivity index (χ0v) is 16.2. The van der Waals surface area contributed by atoms with E-state index in [1.54, 1.807) is 49.4 Å². The van der Waals surface area contributed by atoms with Crippen LogP contribution in [0.4, 0.5) is 20.7 Å². The minimum Gasteiger partial charge on any atom is -0.329 e. The summed E-state index contributed by atoms with van der Waals surface area (Å²) >= 11 is 5.79. The minimum absolute atomic E-state index is 0.179. The molecule has 1 heterocycles. The Hall–Kier alpha value is -3.46. The number of carbonyl (C=O) groups is 2. The Morgan fingerprint density at radius 3 is 2.55 bits per heavy atom. The second-order valence-electron chi connectivity index (χ2n) is 6.14. The maximum atomic E-state index is 13.8. The summed E-state index contributed by atoms with van der Waals surface area (Å²) in [6, 6.07) is 12.3. The van der Waals surface area contributed by atoms with Crippen LogP contribution in [0, 0.1) is 12.7 Å². The van der Waals surface area contributed by atoms with Crippen molar-refractivity contribution in [2.75, 3.05) is 17.2 Å². The molecule has 0 aliphatic rings. The van der Waals surface area contributed by atoms with Crippen molar-refractivity contribution in [3.63, 3.8) is 0 Å². The van der Waals surface area contributed by atoms with Gasteiger partial charge < -0.3 is 10.6 Å². The average Bonchev–Trinajstić information content (AvgIpc) is 3.03. The van der Waals surface area contributed by atoms with Gasteiger partial charge in [0.1, 0.15) is 5.82 Å². The van der Waals surface area contributed by atoms with Crippen LogP contribution in [0.25, 0.3) is 0 Å². The first-order chi connectivity index (χ1) is 13.9. The van der Waals surface area contributed by atoms with Gasteiger partial charge in [0.25, 0.3) is 0 Å². The number of anilines is 2. The molecule has 2 aromatic carbocycles. The van der Waals surface area contributed by atoms with E-state index >= 15 is 0 Å². The Bertz CT molecular complexity index is 1020. The van der Waals surface area contributed by atoms with Crippen LogP contribution in [0.3, 0.4) is 0 Å². The number of amides is 3. The standard InChI is InChI=1S/C19H18ClFN6O2/c1-12-18(25-26-27(12)11-13-4-2-3-5-16(13)21)24-19(29)22-10-17(28)23-15-8-6-14(20)7-9-15/h2-9H,10-11H2,1H3,(H,23,28)(H2,22,24,29). The summed E-state index contributed by atoms with van der Waals surface area (Å²) in [5.41, 5.74) is 1.57. The summed E-state index contributed by atoms with van der Waals surface area (Å²) in [4.78, 5) is 23.9. The molecule has 0 bridgehead atoms. The molecule has 150 valence electrons. The molecule has 0 aliphatic heterocycles. The number of halogens is 2. The molecule has 0 radical (unpaired) electrons. The van der Waals surface area contributed by atoms with Crippen LogP contribution in [0.1, 0.15) is 11.3 Å². The smallest absolute Gasteiger partial charge is 0.320 e. The van der Waals surface area contributed by atoms with Crippen molar-refractivity contribution in [3.05, 3.63) is 70.6 Å². The zero-order valence-electron chi connectivity index (χ0n) is 15.4. The summed E-state index contributed by atoms with van der Waals surface area (Å²) in [6.45, 7) is 1.64. The molecular formula is C19H18ClFN6O2. The Morgan fingerprint density at radius 2 is 1.83 bits per heavy atom. The van der Waals surface area contributed by atoms with Gasteiger partial charge in [0, 0.05) is 16.3 Å². The molecule has 8 nitrogen and oxygen atoms in total. The van der Waals surface area contributed by atoms with Gasteiger partial charge in [0.15, 0.2) is 5.82 Å². The van der Waals surface area contributed by atoms with Crippen molar-refractivity contribution in [1.82, 2.24) is 20.3 Å². The summed E-state index contributed by atoms with van der Waals surface area (Å²) in [5, 5.41) is 16.0. The number of rotatable bonds is 6. The molecule has 0 aliphatic carbocycles. The largest absolute Gasteiger partial charge is 0.329 e. The van der Waals surface area contributed by atoms with E-state index in [1.807, 2.05) is 0 Å². The predicted octanol–water partition coefficient (Wildman–Crippen LogP) is 3.19. The van der Waals surface area contributed by atoms with Crippen molar-refractivity contribution in [1.29, 1.82) is 0 Å². The number of hydrogen-bond donors (Lipinski definition) is 3. The fourth-order valence-corrected chi connectivity index (χ4v) is 2.59. The molecule has 0 unspecified atom stereocenters. The molecule has 0 saturated heterocycles. The van der Waals surface area contributed by atoms with Crippen LogP contribution in [0.5, 0.6) is 0 Å². The Morgan fingerprint density at radius 1 is 1.10 bits per heavy atom. The fraction of sp³-hybridized carbons (Fsp3) is 0.158. The third-order valence-corrected chi connectivity index (χ3v) is 4.28. The van der Waals surface area contributed by atoms with Gasteiger partial charge in [-0.3, -0.25) is 10.1 Å². The lowest BCUT2D eigenvalue weighted by atomic mass is 10.2.